The fourth-order valence-corrected chi connectivity index (χ4v) is 4.17. The van der Waals surface area contributed by atoms with Gasteiger partial charge in [-0.15, -0.1) is 0 Å². The molecule has 2 N–H and O–H groups in total. The molecule has 0 aromatic heterocycles. The molecule has 0 bridgehead atoms. The van der Waals surface area contributed by atoms with Gasteiger partial charge in [0, 0.05) is 31.9 Å². The number of halogens is 3. The van der Waals surface area contributed by atoms with Crippen LogP contribution in [0.15, 0.2) is 109 Å². The molecule has 0 saturated carbocycles. The minimum atomic E-state index is -0.581. The van der Waals surface area contributed by atoms with E-state index in [4.69, 9.17) is 34.8 Å². The molecule has 0 spiro atoms. The number of hydrogen-bond donors (Lipinski definition) is 2. The lowest BCUT2D eigenvalue weighted by Gasteiger charge is -2.12. The van der Waals surface area contributed by atoms with E-state index in [-0.39, 0.29) is 11.5 Å². The second-order valence-corrected chi connectivity index (χ2v) is 9.55. The molecule has 4 rings (SSSR count). The van der Waals surface area contributed by atoms with Crippen molar-refractivity contribution < 1.29 is 14.4 Å². The van der Waals surface area contributed by atoms with Crippen molar-refractivity contribution in [2.45, 2.75) is 0 Å². The third-order valence-corrected chi connectivity index (χ3v) is 6.44. The predicted octanol–water partition coefficient (Wildman–Crippen LogP) is 7.95. The summed E-state index contributed by atoms with van der Waals surface area (Å²) in [5.41, 5.74) is 2.42. The van der Waals surface area contributed by atoms with E-state index in [0.717, 1.165) is 5.56 Å². The average Bonchev–Trinajstić information content (AvgIpc) is 2.94. The van der Waals surface area contributed by atoms with Gasteiger partial charge in [0.2, 0.25) is 0 Å². The van der Waals surface area contributed by atoms with E-state index in [0.29, 0.717) is 37.4 Å². The monoisotopic (exact) mass is 574 g/mol. The number of anilines is 1. The highest BCUT2D eigenvalue weighted by Gasteiger charge is 2.16. The summed E-state index contributed by atoms with van der Waals surface area (Å²) in [6.45, 7) is 0. The third-order valence-electron chi connectivity index (χ3n) is 5.54. The zero-order valence-corrected chi connectivity index (χ0v) is 22.6. The van der Waals surface area contributed by atoms with Gasteiger partial charge in [-0.25, -0.2) is 0 Å². The molecule has 0 aliphatic heterocycles. The van der Waals surface area contributed by atoms with Gasteiger partial charge in [0.15, 0.2) is 5.78 Å². The molecular formula is C31H21Cl3N2O3. The molecular weight excluding hydrogens is 555 g/mol. The number of allylic oxidation sites excluding steroid dienone is 1. The molecule has 0 unspecified atom stereocenters. The standard InChI is InChI=1S/C31H21Cl3N2O3/c32-24-14-10-23(27(34)19-24)18-28(36-30(38)22-7-2-1-3-8-22)31(39)35-25-15-11-21(12-16-25)29(37)17-13-20-6-4-5-9-26(20)33/h1-19H,(H,35,39)(H,36,38)/b17-13+,28-18-. The van der Waals surface area contributed by atoms with E-state index < -0.39 is 11.8 Å². The number of hydrogen-bond acceptors (Lipinski definition) is 3. The maximum atomic E-state index is 13.2. The van der Waals surface area contributed by atoms with Crippen LogP contribution in [0, 0.1) is 0 Å². The summed E-state index contributed by atoms with van der Waals surface area (Å²) >= 11 is 18.4. The lowest BCUT2D eigenvalue weighted by atomic mass is 10.1. The smallest absolute Gasteiger partial charge is 0.272 e. The van der Waals surface area contributed by atoms with Crippen LogP contribution >= 0.6 is 34.8 Å². The highest BCUT2D eigenvalue weighted by Crippen LogP contribution is 2.23. The van der Waals surface area contributed by atoms with Crippen LogP contribution in [-0.2, 0) is 4.79 Å². The van der Waals surface area contributed by atoms with Crippen molar-refractivity contribution >= 4 is 70.2 Å². The number of carbonyl (C=O) groups excluding carboxylic acids is 3. The van der Waals surface area contributed by atoms with Gasteiger partial charge >= 0.3 is 0 Å². The second kappa shape index (κ2) is 13.1. The predicted molar refractivity (Wildman–Crippen MR) is 158 cm³/mol. The van der Waals surface area contributed by atoms with Crippen molar-refractivity contribution in [1.29, 1.82) is 0 Å². The summed E-state index contributed by atoms with van der Waals surface area (Å²) in [6, 6.07) is 26.9. The highest BCUT2D eigenvalue weighted by atomic mass is 35.5. The van der Waals surface area contributed by atoms with Crippen molar-refractivity contribution in [3.63, 3.8) is 0 Å². The third kappa shape index (κ3) is 7.68. The number of amides is 2. The Kier molecular flexibility index (Phi) is 9.34. The second-order valence-electron chi connectivity index (χ2n) is 8.29. The molecule has 0 saturated heterocycles. The molecule has 4 aromatic rings. The van der Waals surface area contributed by atoms with Gasteiger partial charge in [-0.3, -0.25) is 14.4 Å². The van der Waals surface area contributed by atoms with Gasteiger partial charge < -0.3 is 10.6 Å². The fourth-order valence-electron chi connectivity index (χ4n) is 3.50. The van der Waals surface area contributed by atoms with Crippen molar-refractivity contribution in [2.75, 3.05) is 5.32 Å². The highest BCUT2D eigenvalue weighted by molar-refractivity contribution is 6.35. The van der Waals surface area contributed by atoms with Crippen LogP contribution in [0.4, 0.5) is 5.69 Å². The number of rotatable bonds is 8. The molecule has 0 atom stereocenters. The summed E-state index contributed by atoms with van der Waals surface area (Å²) in [7, 11) is 0. The summed E-state index contributed by atoms with van der Waals surface area (Å²) in [5, 5.41) is 6.69. The minimum absolute atomic E-state index is 0.0316. The first kappa shape index (κ1) is 27.9. The molecule has 2 amide bonds. The SMILES string of the molecule is O=C(Nc1ccc(C(=O)/C=C/c2ccccc2Cl)cc1)/C(=C/c1ccc(Cl)cc1Cl)NC(=O)c1ccccc1. The number of carbonyl (C=O) groups is 3. The molecule has 0 aliphatic carbocycles. The van der Waals surface area contributed by atoms with Crippen molar-refractivity contribution in [3.05, 3.63) is 146 Å². The summed E-state index contributed by atoms with van der Waals surface area (Å²) in [4.78, 5) is 38.6. The maximum Gasteiger partial charge on any atom is 0.272 e. The summed E-state index contributed by atoms with van der Waals surface area (Å²) < 4.78 is 0. The molecule has 194 valence electrons. The normalized spacial score (nSPS) is 11.3. The summed E-state index contributed by atoms with van der Waals surface area (Å²) in [5.74, 6) is -1.27. The van der Waals surface area contributed by atoms with E-state index in [2.05, 4.69) is 10.6 Å². The quantitative estimate of drug-likeness (QED) is 0.165. The van der Waals surface area contributed by atoms with Crippen LogP contribution in [0.3, 0.4) is 0 Å². The van der Waals surface area contributed by atoms with Crippen LogP contribution in [0.1, 0.15) is 31.8 Å². The zero-order chi connectivity index (χ0) is 27.8. The molecule has 5 nitrogen and oxygen atoms in total. The van der Waals surface area contributed by atoms with Gasteiger partial charge in [0.05, 0.1) is 0 Å². The average molecular weight is 576 g/mol. The van der Waals surface area contributed by atoms with Gasteiger partial charge in [0.25, 0.3) is 11.8 Å². The van der Waals surface area contributed by atoms with E-state index in [1.807, 2.05) is 18.2 Å². The summed E-state index contributed by atoms with van der Waals surface area (Å²) in [6.07, 6.45) is 4.55. The topological polar surface area (TPSA) is 75.3 Å². The van der Waals surface area contributed by atoms with Gasteiger partial charge in [-0.1, -0.05) is 77.3 Å². The van der Waals surface area contributed by atoms with Crippen LogP contribution in [0.25, 0.3) is 12.2 Å². The Bertz CT molecular complexity index is 1580. The van der Waals surface area contributed by atoms with Crippen molar-refractivity contribution in [1.82, 2.24) is 5.32 Å². The zero-order valence-electron chi connectivity index (χ0n) is 20.3. The molecule has 8 heteroatoms. The lowest BCUT2D eigenvalue weighted by molar-refractivity contribution is -0.113. The maximum absolute atomic E-state index is 13.2. The first-order chi connectivity index (χ1) is 18.8. The molecule has 0 heterocycles. The van der Waals surface area contributed by atoms with Gasteiger partial charge in [-0.05, 0) is 84.0 Å². The molecule has 0 aliphatic rings. The van der Waals surface area contributed by atoms with E-state index in [9.17, 15) is 14.4 Å². The first-order valence-corrected chi connectivity index (χ1v) is 12.8. The molecule has 0 radical (unpaired) electrons. The van der Waals surface area contributed by atoms with Gasteiger partial charge in [-0.2, -0.15) is 0 Å². The Balaban J connectivity index is 1.52. The van der Waals surface area contributed by atoms with E-state index in [1.54, 1.807) is 84.9 Å². The van der Waals surface area contributed by atoms with Crippen LogP contribution in [-0.4, -0.2) is 17.6 Å². The Labute approximate surface area is 240 Å². The Hall–Kier alpha value is -4.16. The van der Waals surface area contributed by atoms with E-state index in [1.165, 1.54) is 12.2 Å². The van der Waals surface area contributed by atoms with Crippen LogP contribution in [0.5, 0.6) is 0 Å². The number of nitrogens with one attached hydrogen (secondary N) is 2. The fraction of sp³-hybridized carbons (Fsp3) is 0. The number of benzene rings is 4. The van der Waals surface area contributed by atoms with Crippen molar-refractivity contribution in [2.24, 2.45) is 0 Å². The molecule has 0 fully saturated rings. The molecule has 4 aromatic carbocycles. The Morgan fingerprint density at radius 3 is 2.05 bits per heavy atom. The lowest BCUT2D eigenvalue weighted by Crippen LogP contribution is -2.30. The van der Waals surface area contributed by atoms with Gasteiger partial charge in [0.1, 0.15) is 5.70 Å². The van der Waals surface area contributed by atoms with Crippen LogP contribution < -0.4 is 10.6 Å². The minimum Gasteiger partial charge on any atom is -0.321 e. The largest absolute Gasteiger partial charge is 0.321 e. The number of ketones is 1. The Morgan fingerprint density at radius 2 is 1.36 bits per heavy atom. The van der Waals surface area contributed by atoms with Crippen molar-refractivity contribution in [3.8, 4) is 0 Å². The van der Waals surface area contributed by atoms with E-state index >= 15 is 0 Å². The Morgan fingerprint density at radius 1 is 0.667 bits per heavy atom. The first-order valence-electron chi connectivity index (χ1n) is 11.7. The van der Waals surface area contributed by atoms with Crippen LogP contribution in [0.2, 0.25) is 15.1 Å². The molecule has 39 heavy (non-hydrogen) atoms.